The van der Waals surface area contributed by atoms with E-state index in [2.05, 4.69) is 0 Å². The van der Waals surface area contributed by atoms with Gasteiger partial charge in [0.15, 0.2) is 0 Å². The molecule has 1 rings (SSSR count). The van der Waals surface area contributed by atoms with E-state index in [1.165, 1.54) is 6.07 Å². The highest BCUT2D eigenvalue weighted by atomic mass is 19.4. The molecule has 96 valence electrons. The summed E-state index contributed by atoms with van der Waals surface area (Å²) in [7, 11) is 3.58. The number of hydrogen-bond donors (Lipinski definition) is 1. The summed E-state index contributed by atoms with van der Waals surface area (Å²) in [5.41, 5.74) is 5.98. The summed E-state index contributed by atoms with van der Waals surface area (Å²) in [5.74, 6) is 0. The minimum Gasteiger partial charge on any atom is -0.378 e. The summed E-state index contributed by atoms with van der Waals surface area (Å²) in [5, 5.41) is 0. The molecular weight excluding hydrogens is 229 g/mol. The predicted octanol–water partition coefficient (Wildman–Crippen LogP) is 2.66. The molecule has 0 fully saturated rings. The van der Waals surface area contributed by atoms with Gasteiger partial charge in [-0.3, -0.25) is 0 Å². The minimum atomic E-state index is -4.32. The molecule has 0 heterocycles. The average Bonchev–Trinajstić information content (AvgIpc) is 2.14. The van der Waals surface area contributed by atoms with Crippen LogP contribution < -0.4 is 10.6 Å². The fourth-order valence-corrected chi connectivity index (χ4v) is 1.65. The molecule has 1 aromatic rings. The second kappa shape index (κ2) is 4.96. The summed E-state index contributed by atoms with van der Waals surface area (Å²) in [6.07, 6.45) is -4.11. The monoisotopic (exact) mass is 246 g/mol. The first-order valence-electron chi connectivity index (χ1n) is 5.35. The summed E-state index contributed by atoms with van der Waals surface area (Å²) in [6.45, 7) is 1.70. The minimum absolute atomic E-state index is 0.219. The quantitative estimate of drug-likeness (QED) is 0.888. The van der Waals surface area contributed by atoms with Crippen LogP contribution in [0.5, 0.6) is 0 Å². The van der Waals surface area contributed by atoms with Crippen LogP contribution >= 0.6 is 0 Å². The van der Waals surface area contributed by atoms with Crippen molar-refractivity contribution in [1.82, 2.24) is 0 Å². The zero-order valence-corrected chi connectivity index (χ0v) is 10.2. The number of nitrogens with zero attached hydrogens (tertiary/aromatic N) is 1. The van der Waals surface area contributed by atoms with Gasteiger partial charge in [0.2, 0.25) is 0 Å². The van der Waals surface area contributed by atoms with Crippen LogP contribution in [-0.4, -0.2) is 20.1 Å². The molecule has 0 radical (unpaired) electrons. The van der Waals surface area contributed by atoms with Crippen LogP contribution in [0.25, 0.3) is 0 Å². The van der Waals surface area contributed by atoms with E-state index >= 15 is 0 Å². The number of nitrogens with two attached hydrogens (primary N) is 1. The summed E-state index contributed by atoms with van der Waals surface area (Å²) in [4.78, 5) is 1.77. The first kappa shape index (κ1) is 13.8. The van der Waals surface area contributed by atoms with Crippen molar-refractivity contribution in [3.05, 3.63) is 29.3 Å². The molecular formula is C12H17F3N2. The van der Waals surface area contributed by atoms with Crippen LogP contribution in [0.1, 0.15) is 18.1 Å². The van der Waals surface area contributed by atoms with E-state index in [-0.39, 0.29) is 18.0 Å². The van der Waals surface area contributed by atoms with Gasteiger partial charge in [-0.2, -0.15) is 13.2 Å². The number of anilines is 1. The average molecular weight is 246 g/mol. The van der Waals surface area contributed by atoms with E-state index in [0.29, 0.717) is 0 Å². The number of halogens is 3. The lowest BCUT2D eigenvalue weighted by atomic mass is 10.00. The second-order valence-electron chi connectivity index (χ2n) is 4.42. The number of benzene rings is 1. The Bertz CT molecular complexity index is 384. The SMILES string of the molecule is CC(N)Cc1cc(N(C)C)ccc1C(F)(F)F. The molecule has 1 unspecified atom stereocenters. The highest BCUT2D eigenvalue weighted by Crippen LogP contribution is 2.34. The van der Waals surface area contributed by atoms with Gasteiger partial charge in [0, 0.05) is 25.8 Å². The Morgan fingerprint density at radius 1 is 1.29 bits per heavy atom. The van der Waals surface area contributed by atoms with Gasteiger partial charge >= 0.3 is 6.18 Å². The third-order valence-electron chi connectivity index (χ3n) is 2.45. The van der Waals surface area contributed by atoms with Gasteiger partial charge in [-0.25, -0.2) is 0 Å². The first-order valence-corrected chi connectivity index (χ1v) is 5.35. The standard InChI is InChI=1S/C12H17F3N2/c1-8(16)6-9-7-10(17(2)3)4-5-11(9)12(13,14)15/h4-5,7-8H,6,16H2,1-3H3. The van der Waals surface area contributed by atoms with E-state index in [4.69, 9.17) is 5.73 Å². The topological polar surface area (TPSA) is 29.3 Å². The number of alkyl halides is 3. The van der Waals surface area contributed by atoms with Crippen molar-refractivity contribution in [1.29, 1.82) is 0 Å². The van der Waals surface area contributed by atoms with Crippen molar-refractivity contribution < 1.29 is 13.2 Å². The van der Waals surface area contributed by atoms with Crippen molar-refractivity contribution in [2.45, 2.75) is 25.6 Å². The van der Waals surface area contributed by atoms with E-state index in [9.17, 15) is 13.2 Å². The Balaban J connectivity index is 3.22. The van der Waals surface area contributed by atoms with Gasteiger partial charge in [-0.05, 0) is 37.1 Å². The predicted molar refractivity (Wildman–Crippen MR) is 63.1 cm³/mol. The van der Waals surface area contributed by atoms with E-state index in [0.717, 1.165) is 11.8 Å². The maximum absolute atomic E-state index is 12.8. The lowest BCUT2D eigenvalue weighted by Crippen LogP contribution is -2.21. The van der Waals surface area contributed by atoms with Crippen LogP contribution in [-0.2, 0) is 12.6 Å². The molecule has 0 aliphatic heterocycles. The Morgan fingerprint density at radius 3 is 2.29 bits per heavy atom. The summed E-state index contributed by atoms with van der Waals surface area (Å²) < 4.78 is 38.3. The normalized spacial score (nSPS) is 13.6. The molecule has 0 spiro atoms. The molecule has 0 aliphatic carbocycles. The Kier molecular flexibility index (Phi) is 4.03. The molecule has 17 heavy (non-hydrogen) atoms. The van der Waals surface area contributed by atoms with Crippen LogP contribution in [0.2, 0.25) is 0 Å². The van der Waals surface area contributed by atoms with E-state index < -0.39 is 11.7 Å². The number of rotatable bonds is 3. The molecule has 1 aromatic carbocycles. The van der Waals surface area contributed by atoms with Crippen molar-refractivity contribution in [3.63, 3.8) is 0 Å². The number of hydrogen-bond acceptors (Lipinski definition) is 2. The summed E-state index contributed by atoms with van der Waals surface area (Å²) >= 11 is 0. The van der Waals surface area contributed by atoms with Crippen molar-refractivity contribution in [2.24, 2.45) is 5.73 Å². The van der Waals surface area contributed by atoms with Crippen LogP contribution in [0, 0.1) is 0 Å². The zero-order valence-electron chi connectivity index (χ0n) is 10.2. The Morgan fingerprint density at radius 2 is 1.88 bits per heavy atom. The van der Waals surface area contributed by atoms with E-state index in [1.807, 2.05) is 0 Å². The molecule has 0 saturated carbocycles. The van der Waals surface area contributed by atoms with Crippen molar-refractivity contribution in [2.75, 3.05) is 19.0 Å². The third-order valence-corrected chi connectivity index (χ3v) is 2.45. The smallest absolute Gasteiger partial charge is 0.378 e. The maximum Gasteiger partial charge on any atom is 0.416 e. The molecule has 0 saturated heterocycles. The largest absolute Gasteiger partial charge is 0.416 e. The molecule has 0 aromatic heterocycles. The van der Waals surface area contributed by atoms with Crippen LogP contribution in [0.3, 0.4) is 0 Å². The molecule has 5 heteroatoms. The molecule has 0 aliphatic rings. The zero-order chi connectivity index (χ0) is 13.2. The maximum atomic E-state index is 12.8. The molecule has 2 N–H and O–H groups in total. The van der Waals surface area contributed by atoms with Gasteiger partial charge in [0.25, 0.3) is 0 Å². The second-order valence-corrected chi connectivity index (χ2v) is 4.42. The van der Waals surface area contributed by atoms with Gasteiger partial charge in [-0.1, -0.05) is 0 Å². The lowest BCUT2D eigenvalue weighted by molar-refractivity contribution is -0.138. The van der Waals surface area contributed by atoms with Gasteiger partial charge in [0.1, 0.15) is 0 Å². The Hall–Kier alpha value is -1.23. The first-order chi connectivity index (χ1) is 7.71. The molecule has 0 amide bonds. The van der Waals surface area contributed by atoms with Gasteiger partial charge < -0.3 is 10.6 Å². The lowest BCUT2D eigenvalue weighted by Gasteiger charge is -2.19. The molecule has 1 atom stereocenters. The van der Waals surface area contributed by atoms with Crippen molar-refractivity contribution >= 4 is 5.69 Å². The summed E-state index contributed by atoms with van der Waals surface area (Å²) in [6, 6.07) is 3.83. The van der Waals surface area contributed by atoms with Crippen molar-refractivity contribution in [3.8, 4) is 0 Å². The van der Waals surface area contributed by atoms with Gasteiger partial charge in [-0.15, -0.1) is 0 Å². The molecule has 2 nitrogen and oxygen atoms in total. The highest BCUT2D eigenvalue weighted by Gasteiger charge is 2.33. The fourth-order valence-electron chi connectivity index (χ4n) is 1.65. The fraction of sp³-hybridized carbons (Fsp3) is 0.500. The highest BCUT2D eigenvalue weighted by molar-refractivity contribution is 5.50. The van der Waals surface area contributed by atoms with Crippen LogP contribution in [0.4, 0.5) is 18.9 Å². The Labute approximate surface area is 99.2 Å². The molecule has 0 bridgehead atoms. The van der Waals surface area contributed by atoms with Crippen LogP contribution in [0.15, 0.2) is 18.2 Å². The third kappa shape index (κ3) is 3.63. The van der Waals surface area contributed by atoms with Gasteiger partial charge in [0.05, 0.1) is 5.56 Å². The van der Waals surface area contributed by atoms with E-state index in [1.54, 1.807) is 32.0 Å².